The molecule has 102 valence electrons. The number of nitro benzene ring substituents is 1. The van der Waals surface area contributed by atoms with Gasteiger partial charge >= 0.3 is 0 Å². The summed E-state index contributed by atoms with van der Waals surface area (Å²) in [6, 6.07) is 5.14. The van der Waals surface area contributed by atoms with Gasteiger partial charge in [-0.1, -0.05) is 25.3 Å². The molecule has 1 fully saturated rings. The Kier molecular flexibility index (Phi) is 4.79. The van der Waals surface area contributed by atoms with E-state index in [1.165, 1.54) is 31.5 Å². The van der Waals surface area contributed by atoms with Crippen molar-refractivity contribution in [1.29, 1.82) is 0 Å². The molecule has 2 N–H and O–H groups in total. The second-order valence-corrected chi connectivity index (χ2v) is 5.98. The number of nitrogens with zero attached hydrogens (tertiary/aromatic N) is 2. The molecule has 19 heavy (non-hydrogen) atoms. The van der Waals surface area contributed by atoms with Crippen LogP contribution in [0.4, 0.5) is 5.69 Å². The Bertz CT molecular complexity index is 485. The average Bonchev–Trinajstić information content (AvgIpc) is 2.42. The van der Waals surface area contributed by atoms with E-state index in [0.29, 0.717) is 10.8 Å². The molecular weight excluding hydrogens is 262 g/mol. The summed E-state index contributed by atoms with van der Waals surface area (Å²) in [6.45, 7) is 0. The molecule has 2 rings (SSSR count). The van der Waals surface area contributed by atoms with Crippen molar-refractivity contribution < 1.29 is 4.92 Å². The van der Waals surface area contributed by atoms with Gasteiger partial charge in [0, 0.05) is 16.9 Å². The maximum absolute atomic E-state index is 11.1. The molecule has 0 amide bonds. The van der Waals surface area contributed by atoms with Gasteiger partial charge in [0.15, 0.2) is 0 Å². The Hall–Kier alpha value is -1.56. The topological polar surface area (TPSA) is 81.5 Å². The monoisotopic (exact) mass is 279 g/mol. The second kappa shape index (κ2) is 6.56. The van der Waals surface area contributed by atoms with Crippen LogP contribution in [0.3, 0.4) is 0 Å². The minimum Gasteiger partial charge on any atom is -0.323 e. The van der Waals surface area contributed by atoms with E-state index in [-0.39, 0.29) is 10.6 Å². The van der Waals surface area contributed by atoms with Crippen molar-refractivity contribution in [2.75, 3.05) is 0 Å². The van der Waals surface area contributed by atoms with Gasteiger partial charge in [-0.05, 0) is 18.9 Å². The minimum atomic E-state index is -0.334. The number of benzene rings is 1. The van der Waals surface area contributed by atoms with E-state index in [1.807, 2.05) is 6.07 Å². The minimum absolute atomic E-state index is 0.146. The van der Waals surface area contributed by atoms with E-state index >= 15 is 0 Å². The Morgan fingerprint density at radius 3 is 2.74 bits per heavy atom. The zero-order valence-corrected chi connectivity index (χ0v) is 11.4. The average molecular weight is 279 g/mol. The number of hydrogen-bond acceptors (Lipinski definition) is 5. The zero-order valence-electron chi connectivity index (χ0n) is 10.6. The van der Waals surface area contributed by atoms with Crippen LogP contribution >= 0.6 is 11.8 Å². The summed E-state index contributed by atoms with van der Waals surface area (Å²) in [7, 11) is 0. The maximum Gasteiger partial charge on any atom is 0.283 e. The van der Waals surface area contributed by atoms with Gasteiger partial charge in [-0.15, -0.1) is 11.8 Å². The normalized spacial score (nSPS) is 16.8. The molecule has 0 aliphatic heterocycles. The van der Waals surface area contributed by atoms with Crippen molar-refractivity contribution in [3.63, 3.8) is 0 Å². The first-order valence-electron chi connectivity index (χ1n) is 6.39. The van der Waals surface area contributed by atoms with Crippen molar-refractivity contribution in [2.24, 2.45) is 10.9 Å². The van der Waals surface area contributed by atoms with Crippen LogP contribution in [-0.2, 0) is 0 Å². The number of nitro groups is 1. The summed E-state index contributed by atoms with van der Waals surface area (Å²) in [4.78, 5) is 11.5. The molecule has 0 bridgehead atoms. The smallest absolute Gasteiger partial charge is 0.283 e. The summed E-state index contributed by atoms with van der Waals surface area (Å²) < 4.78 is 0. The van der Waals surface area contributed by atoms with E-state index in [2.05, 4.69) is 5.10 Å². The Morgan fingerprint density at radius 2 is 2.11 bits per heavy atom. The summed E-state index contributed by atoms with van der Waals surface area (Å²) in [5.41, 5.74) is 0.801. The second-order valence-electron chi connectivity index (χ2n) is 4.64. The summed E-state index contributed by atoms with van der Waals surface area (Å²) in [5, 5.41) is 15.0. The SMILES string of the molecule is NN=Cc1ccc(SC2CCCCC2)c([N+](=O)[O-])c1. The van der Waals surface area contributed by atoms with Gasteiger partial charge in [0.25, 0.3) is 5.69 Å². The maximum atomic E-state index is 11.1. The Labute approximate surface area is 116 Å². The lowest BCUT2D eigenvalue weighted by atomic mass is 10.0. The third kappa shape index (κ3) is 3.70. The predicted molar refractivity (Wildman–Crippen MR) is 77.6 cm³/mol. The highest BCUT2D eigenvalue weighted by molar-refractivity contribution is 8.00. The Balaban J connectivity index is 2.20. The van der Waals surface area contributed by atoms with Crippen molar-refractivity contribution in [3.8, 4) is 0 Å². The van der Waals surface area contributed by atoms with E-state index < -0.39 is 0 Å². The molecule has 1 aliphatic carbocycles. The molecule has 6 heteroatoms. The lowest BCUT2D eigenvalue weighted by molar-refractivity contribution is -0.387. The predicted octanol–water partition coefficient (Wildman–Crippen LogP) is 3.31. The number of hydrazone groups is 1. The summed E-state index contributed by atoms with van der Waals surface area (Å²) >= 11 is 1.63. The first-order valence-corrected chi connectivity index (χ1v) is 7.27. The fourth-order valence-corrected chi connectivity index (χ4v) is 3.63. The van der Waals surface area contributed by atoms with Crippen LogP contribution < -0.4 is 5.84 Å². The standard InChI is InChI=1S/C13H17N3O2S/c14-15-9-10-6-7-13(12(8-10)16(17)18)19-11-4-2-1-3-5-11/h6-9,11H,1-5,14H2. The molecule has 0 heterocycles. The van der Waals surface area contributed by atoms with Crippen LogP contribution in [-0.4, -0.2) is 16.4 Å². The van der Waals surface area contributed by atoms with Crippen LogP contribution in [0.1, 0.15) is 37.7 Å². The third-order valence-corrected chi connectivity index (χ3v) is 4.65. The summed E-state index contributed by atoms with van der Waals surface area (Å²) in [6.07, 6.45) is 7.45. The van der Waals surface area contributed by atoms with Crippen molar-refractivity contribution in [2.45, 2.75) is 42.2 Å². The molecule has 0 atom stereocenters. The highest BCUT2D eigenvalue weighted by Gasteiger charge is 2.20. The fraction of sp³-hybridized carbons (Fsp3) is 0.462. The van der Waals surface area contributed by atoms with Gasteiger partial charge in [0.05, 0.1) is 16.0 Å². The molecule has 1 saturated carbocycles. The molecule has 0 radical (unpaired) electrons. The van der Waals surface area contributed by atoms with E-state index in [0.717, 1.165) is 17.7 Å². The third-order valence-electron chi connectivity index (χ3n) is 3.25. The molecule has 1 aromatic rings. The molecule has 1 aromatic carbocycles. The van der Waals surface area contributed by atoms with Gasteiger partial charge in [-0.2, -0.15) is 5.10 Å². The van der Waals surface area contributed by atoms with Crippen LogP contribution in [0.5, 0.6) is 0 Å². The van der Waals surface area contributed by atoms with Crippen LogP contribution in [0.2, 0.25) is 0 Å². The number of hydrogen-bond donors (Lipinski definition) is 1. The Morgan fingerprint density at radius 1 is 1.37 bits per heavy atom. The van der Waals surface area contributed by atoms with Gasteiger partial charge < -0.3 is 5.84 Å². The van der Waals surface area contributed by atoms with E-state index in [9.17, 15) is 10.1 Å². The largest absolute Gasteiger partial charge is 0.323 e. The first-order chi connectivity index (χ1) is 9.20. The molecule has 0 spiro atoms. The number of nitrogens with two attached hydrogens (primary N) is 1. The molecule has 1 aliphatic rings. The number of rotatable bonds is 4. The van der Waals surface area contributed by atoms with Gasteiger partial charge in [0.1, 0.15) is 0 Å². The van der Waals surface area contributed by atoms with Crippen LogP contribution in [0.25, 0.3) is 0 Å². The highest BCUT2D eigenvalue weighted by Crippen LogP contribution is 2.38. The quantitative estimate of drug-likeness (QED) is 0.397. The van der Waals surface area contributed by atoms with Crippen LogP contribution in [0, 0.1) is 10.1 Å². The summed E-state index contributed by atoms with van der Waals surface area (Å²) in [5.74, 6) is 5.07. The molecule has 5 nitrogen and oxygen atoms in total. The molecule has 0 aromatic heterocycles. The molecular formula is C13H17N3O2S. The van der Waals surface area contributed by atoms with Crippen molar-refractivity contribution in [3.05, 3.63) is 33.9 Å². The first kappa shape index (κ1) is 13.9. The molecule has 0 saturated heterocycles. The van der Waals surface area contributed by atoms with Gasteiger partial charge in [-0.25, -0.2) is 0 Å². The van der Waals surface area contributed by atoms with Gasteiger partial charge in [0.2, 0.25) is 0 Å². The van der Waals surface area contributed by atoms with Crippen molar-refractivity contribution >= 4 is 23.7 Å². The fourth-order valence-electron chi connectivity index (χ4n) is 2.31. The zero-order chi connectivity index (χ0) is 13.7. The van der Waals surface area contributed by atoms with E-state index in [1.54, 1.807) is 17.8 Å². The lowest BCUT2D eigenvalue weighted by Gasteiger charge is -2.20. The van der Waals surface area contributed by atoms with Crippen molar-refractivity contribution in [1.82, 2.24) is 0 Å². The number of thioether (sulfide) groups is 1. The highest BCUT2D eigenvalue weighted by atomic mass is 32.2. The lowest BCUT2D eigenvalue weighted by Crippen LogP contribution is -2.08. The van der Waals surface area contributed by atoms with Crippen LogP contribution in [0.15, 0.2) is 28.2 Å². The van der Waals surface area contributed by atoms with E-state index in [4.69, 9.17) is 5.84 Å². The van der Waals surface area contributed by atoms with Gasteiger partial charge in [-0.3, -0.25) is 10.1 Å². The molecule has 0 unspecified atom stereocenters.